The topological polar surface area (TPSA) is 73.1 Å². The predicted octanol–water partition coefficient (Wildman–Crippen LogP) is 0.590. The van der Waals surface area contributed by atoms with Gasteiger partial charge in [0.15, 0.2) is 5.78 Å². The van der Waals surface area contributed by atoms with E-state index in [1.807, 2.05) is 6.92 Å². The van der Waals surface area contributed by atoms with Gasteiger partial charge in [0.2, 0.25) is 0 Å². The molecular formula is C13H16BrN4O3+. The second kappa shape index (κ2) is 5.88. The maximum atomic E-state index is 12.6. The molecule has 0 aromatic heterocycles. The molecule has 2 heterocycles. The molecule has 0 aromatic carbocycles. The average Bonchev–Trinajstić information content (AvgIpc) is 2.73. The van der Waals surface area contributed by atoms with Gasteiger partial charge in [-0.3, -0.25) is 19.4 Å². The lowest BCUT2D eigenvalue weighted by Gasteiger charge is -2.32. The number of fused-ring (bicyclic) bond motifs is 1. The number of carbonyl (C=O) groups is 3. The average molecular weight is 356 g/mol. The number of amides is 3. The number of urea groups is 1. The predicted molar refractivity (Wildman–Crippen MR) is 80.7 cm³/mol. The van der Waals surface area contributed by atoms with Crippen molar-refractivity contribution in [3.8, 4) is 0 Å². The number of allylic oxidation sites excluding steroid dienone is 1. The largest absolute Gasteiger partial charge is 0.365 e. The van der Waals surface area contributed by atoms with Gasteiger partial charge in [-0.2, -0.15) is 0 Å². The second-order valence-corrected chi connectivity index (χ2v) is 5.54. The zero-order valence-corrected chi connectivity index (χ0v) is 13.6. The number of likely N-dealkylation sites (N-methyl/N-ethyl adjacent to an activating group) is 1. The van der Waals surface area contributed by atoms with Gasteiger partial charge in [-0.05, 0) is 18.8 Å². The van der Waals surface area contributed by atoms with Gasteiger partial charge in [0.25, 0.3) is 17.8 Å². The molecule has 0 aromatic rings. The van der Waals surface area contributed by atoms with E-state index in [9.17, 15) is 14.4 Å². The molecule has 21 heavy (non-hydrogen) atoms. The standard InChI is InChI=1S/C13H16BrN4O3/c1-4-5-6-17-11(20)9-10(16(3)13(17)21)15-12(14)18(9)7-8(2)19/h4-5,9H,6-7H2,1-3H3/q+1/b5-4+. The number of rotatable bonds is 4. The summed E-state index contributed by atoms with van der Waals surface area (Å²) >= 11 is 3.25. The van der Waals surface area contributed by atoms with Crippen LogP contribution in [0.4, 0.5) is 4.79 Å². The summed E-state index contributed by atoms with van der Waals surface area (Å²) in [5.74, 6) is -0.115. The number of aliphatic imine (C=N–C) groups is 1. The molecule has 1 fully saturated rings. The summed E-state index contributed by atoms with van der Waals surface area (Å²) in [4.78, 5) is 42.9. The van der Waals surface area contributed by atoms with E-state index in [0.29, 0.717) is 10.6 Å². The second-order valence-electron chi connectivity index (χ2n) is 4.83. The molecule has 0 radical (unpaired) electrons. The molecule has 0 aliphatic carbocycles. The fraction of sp³-hybridized carbons (Fsp3) is 0.462. The van der Waals surface area contributed by atoms with Crippen LogP contribution in [0.1, 0.15) is 13.8 Å². The molecule has 8 heteroatoms. The maximum Gasteiger partial charge on any atom is 0.365 e. The van der Waals surface area contributed by atoms with Gasteiger partial charge in [-0.25, -0.2) is 9.37 Å². The Morgan fingerprint density at radius 1 is 1.48 bits per heavy atom. The summed E-state index contributed by atoms with van der Waals surface area (Å²) < 4.78 is 1.95. The first-order chi connectivity index (χ1) is 9.88. The van der Waals surface area contributed by atoms with Crippen molar-refractivity contribution in [2.24, 2.45) is 4.99 Å². The number of hydrogen-bond acceptors (Lipinski definition) is 4. The molecule has 1 unspecified atom stereocenters. The van der Waals surface area contributed by atoms with Gasteiger partial charge < -0.3 is 0 Å². The highest BCUT2D eigenvalue weighted by Gasteiger charge is 2.53. The van der Waals surface area contributed by atoms with Crippen LogP contribution in [0.3, 0.4) is 0 Å². The van der Waals surface area contributed by atoms with E-state index < -0.39 is 12.1 Å². The first-order valence-corrected chi connectivity index (χ1v) is 7.25. The zero-order chi connectivity index (χ0) is 15.7. The van der Waals surface area contributed by atoms with E-state index in [0.717, 1.165) is 4.90 Å². The van der Waals surface area contributed by atoms with Crippen LogP contribution >= 0.6 is 15.9 Å². The summed E-state index contributed by atoms with van der Waals surface area (Å²) in [6, 6.07) is -1.16. The molecule has 2 aliphatic rings. The smallest absolute Gasteiger partial charge is 0.296 e. The van der Waals surface area contributed by atoms with Crippen molar-refractivity contribution >= 4 is 44.2 Å². The van der Waals surface area contributed by atoms with Crippen LogP contribution in [0, 0.1) is 0 Å². The van der Waals surface area contributed by atoms with Crippen molar-refractivity contribution in [2.75, 3.05) is 20.1 Å². The van der Waals surface area contributed by atoms with Crippen molar-refractivity contribution in [2.45, 2.75) is 19.9 Å². The lowest BCUT2D eigenvalue weighted by Crippen LogP contribution is -2.63. The Hall–Kier alpha value is -1.83. The molecule has 3 amide bonds. The van der Waals surface area contributed by atoms with Crippen molar-refractivity contribution in [1.82, 2.24) is 9.80 Å². The van der Waals surface area contributed by atoms with E-state index in [4.69, 9.17) is 0 Å². The Bertz CT molecular complexity index is 609. The Labute approximate surface area is 130 Å². The van der Waals surface area contributed by atoms with Crippen LogP contribution < -0.4 is 0 Å². The Morgan fingerprint density at radius 2 is 2.14 bits per heavy atom. The molecule has 112 valence electrons. The van der Waals surface area contributed by atoms with E-state index in [2.05, 4.69) is 20.9 Å². The number of Topliss-reactive ketones (excluding diaryl/α,β-unsaturated/α-hetero) is 1. The van der Waals surface area contributed by atoms with Gasteiger partial charge in [0, 0.05) is 13.6 Å². The number of carbonyl (C=O) groups excluding carboxylic acids is 3. The monoisotopic (exact) mass is 355 g/mol. The summed E-state index contributed by atoms with van der Waals surface area (Å²) in [5, 5.41) is 0. The van der Waals surface area contributed by atoms with E-state index >= 15 is 0 Å². The molecule has 0 N–H and O–H groups in total. The van der Waals surface area contributed by atoms with Gasteiger partial charge >= 0.3 is 10.8 Å². The molecule has 1 saturated heterocycles. The van der Waals surface area contributed by atoms with Crippen LogP contribution in [0.5, 0.6) is 0 Å². The van der Waals surface area contributed by atoms with Crippen LogP contribution in [-0.2, 0) is 9.59 Å². The van der Waals surface area contributed by atoms with Crippen LogP contribution in [0.25, 0.3) is 0 Å². The number of imide groups is 1. The summed E-state index contributed by atoms with van der Waals surface area (Å²) in [6.07, 6.45) is 3.50. The molecule has 7 nitrogen and oxygen atoms in total. The van der Waals surface area contributed by atoms with Crippen LogP contribution in [0.15, 0.2) is 17.1 Å². The zero-order valence-electron chi connectivity index (χ0n) is 12.0. The highest BCUT2D eigenvalue weighted by molar-refractivity contribution is 9.18. The number of ketones is 1. The molecule has 2 aliphatic heterocycles. The third-order valence-electron chi connectivity index (χ3n) is 3.28. The maximum absolute atomic E-state index is 12.6. The third-order valence-corrected chi connectivity index (χ3v) is 3.91. The highest BCUT2D eigenvalue weighted by atomic mass is 79.9. The third kappa shape index (κ3) is 2.67. The van der Waals surface area contributed by atoms with Crippen LogP contribution in [-0.4, -0.2) is 68.9 Å². The Balaban J connectivity index is 2.38. The SMILES string of the molecule is C/C=C/CN1C(=O)C2C(=NC(Br)=[N+]2CC(C)=O)N(C)C1=O. The van der Waals surface area contributed by atoms with E-state index in [-0.39, 0.29) is 24.8 Å². The Morgan fingerprint density at radius 3 is 2.71 bits per heavy atom. The molecule has 1 atom stereocenters. The lowest BCUT2D eigenvalue weighted by atomic mass is 10.1. The van der Waals surface area contributed by atoms with Crippen molar-refractivity contribution < 1.29 is 19.0 Å². The number of halogens is 1. The fourth-order valence-corrected chi connectivity index (χ4v) is 2.78. The normalized spacial score (nSPS) is 22.3. The van der Waals surface area contributed by atoms with Gasteiger partial charge in [0.1, 0.15) is 6.54 Å². The quantitative estimate of drug-likeness (QED) is 0.421. The number of amidine groups is 2. The van der Waals surface area contributed by atoms with E-state index in [1.54, 1.807) is 23.8 Å². The molecule has 0 spiro atoms. The minimum atomic E-state index is -0.740. The minimum absolute atomic E-state index is 0.0590. The molecular weight excluding hydrogens is 340 g/mol. The lowest BCUT2D eigenvalue weighted by molar-refractivity contribution is -0.521. The molecule has 0 bridgehead atoms. The summed E-state index contributed by atoms with van der Waals surface area (Å²) in [6.45, 7) is 3.52. The van der Waals surface area contributed by atoms with Crippen LogP contribution in [0.2, 0.25) is 0 Å². The first-order valence-electron chi connectivity index (χ1n) is 6.45. The molecule has 0 saturated carbocycles. The van der Waals surface area contributed by atoms with Gasteiger partial charge in [-0.15, -0.1) is 0 Å². The fourth-order valence-electron chi connectivity index (χ4n) is 2.26. The number of nitrogens with zero attached hydrogens (tertiary/aromatic N) is 4. The van der Waals surface area contributed by atoms with E-state index in [1.165, 1.54) is 11.8 Å². The van der Waals surface area contributed by atoms with Crippen molar-refractivity contribution in [3.63, 3.8) is 0 Å². The first kappa shape index (κ1) is 15.6. The van der Waals surface area contributed by atoms with Crippen molar-refractivity contribution in [3.05, 3.63) is 12.2 Å². The number of hydrogen-bond donors (Lipinski definition) is 0. The van der Waals surface area contributed by atoms with Gasteiger partial charge in [0.05, 0.1) is 15.9 Å². The Kier molecular flexibility index (Phi) is 4.36. The van der Waals surface area contributed by atoms with Crippen molar-refractivity contribution in [1.29, 1.82) is 0 Å². The minimum Gasteiger partial charge on any atom is -0.296 e. The summed E-state index contributed by atoms with van der Waals surface area (Å²) in [7, 11) is 1.57. The van der Waals surface area contributed by atoms with Gasteiger partial charge in [-0.1, -0.05) is 12.2 Å². The highest BCUT2D eigenvalue weighted by Crippen LogP contribution is 2.21. The molecule has 2 rings (SSSR count). The summed E-state index contributed by atoms with van der Waals surface area (Å²) in [5.41, 5.74) is 0.